The van der Waals surface area contributed by atoms with E-state index in [1.807, 2.05) is 18.2 Å². The maximum Gasteiger partial charge on any atom is 0.238 e. The summed E-state index contributed by atoms with van der Waals surface area (Å²) in [5.41, 5.74) is 14.0. The van der Waals surface area contributed by atoms with E-state index in [0.717, 1.165) is 62.4 Å². The molecule has 0 saturated carbocycles. The molecule has 1 atom stereocenters. The van der Waals surface area contributed by atoms with E-state index in [1.165, 1.54) is 38.4 Å². The lowest BCUT2D eigenvalue weighted by molar-refractivity contribution is 0.660. The lowest BCUT2D eigenvalue weighted by Crippen LogP contribution is -2.16. The molecule has 5 heteroatoms. The van der Waals surface area contributed by atoms with Crippen LogP contribution in [0.25, 0.3) is 72.2 Å². The van der Waals surface area contributed by atoms with Crippen molar-refractivity contribution in [3.05, 3.63) is 223 Å². The number of nitrogens with zero attached hydrogens (tertiary/aromatic N) is 5. The third-order valence-corrected chi connectivity index (χ3v) is 13.1. The van der Waals surface area contributed by atoms with Gasteiger partial charge in [-0.15, -0.1) is 0 Å². The number of hydrogen-bond acceptors (Lipinski definition) is 4. The number of anilines is 3. The van der Waals surface area contributed by atoms with Gasteiger partial charge in [0.25, 0.3) is 0 Å². The first-order chi connectivity index (χ1) is 31.0. The molecule has 0 N–H and O–H groups in total. The Morgan fingerprint density at radius 3 is 2.05 bits per heavy atom. The molecular weight excluding hydrogens is 767 g/mol. The molecule has 63 heavy (non-hydrogen) atoms. The Morgan fingerprint density at radius 1 is 0.524 bits per heavy atom. The quantitative estimate of drug-likeness (QED) is 0.161. The van der Waals surface area contributed by atoms with Gasteiger partial charge in [-0.05, 0) is 105 Å². The van der Waals surface area contributed by atoms with Gasteiger partial charge in [0.05, 0.1) is 11.0 Å². The predicted molar refractivity (Wildman–Crippen MR) is 260 cm³/mol. The monoisotopic (exact) mass is 809 g/mol. The van der Waals surface area contributed by atoms with Crippen LogP contribution in [0.4, 0.5) is 17.1 Å². The van der Waals surface area contributed by atoms with E-state index in [4.69, 9.17) is 15.0 Å². The molecule has 2 aliphatic rings. The van der Waals surface area contributed by atoms with Gasteiger partial charge in [0.1, 0.15) is 5.82 Å². The van der Waals surface area contributed by atoms with E-state index in [9.17, 15) is 0 Å². The Morgan fingerprint density at radius 2 is 1.22 bits per heavy atom. The molecule has 2 aliphatic carbocycles. The number of allylic oxidation sites excluding steroid dienone is 4. The van der Waals surface area contributed by atoms with Crippen LogP contribution in [0.5, 0.6) is 0 Å². The van der Waals surface area contributed by atoms with E-state index in [2.05, 4.69) is 211 Å². The number of rotatable bonds is 7. The molecule has 0 spiro atoms. The molecule has 0 aliphatic heterocycles. The van der Waals surface area contributed by atoms with Crippen molar-refractivity contribution in [2.45, 2.75) is 31.6 Å². The molecule has 0 bridgehead atoms. The zero-order valence-electron chi connectivity index (χ0n) is 35.2. The lowest BCUT2D eigenvalue weighted by atomic mass is 9.82. The van der Waals surface area contributed by atoms with Gasteiger partial charge < -0.3 is 4.90 Å². The molecule has 12 rings (SSSR count). The molecular formula is C58H43N5. The Balaban J connectivity index is 0.991. The average molecular weight is 810 g/mol. The Bertz CT molecular complexity index is 3450. The van der Waals surface area contributed by atoms with Gasteiger partial charge >= 0.3 is 0 Å². The average Bonchev–Trinajstić information content (AvgIpc) is 3.80. The molecule has 0 radical (unpaired) electrons. The van der Waals surface area contributed by atoms with Crippen LogP contribution in [-0.2, 0) is 5.41 Å². The van der Waals surface area contributed by atoms with Crippen LogP contribution in [-0.4, -0.2) is 19.5 Å². The molecule has 10 aromatic rings. The van der Waals surface area contributed by atoms with Crippen molar-refractivity contribution < 1.29 is 0 Å². The summed E-state index contributed by atoms with van der Waals surface area (Å²) in [4.78, 5) is 17.9. The van der Waals surface area contributed by atoms with Gasteiger partial charge in [-0.25, -0.2) is 4.98 Å². The molecule has 5 nitrogen and oxygen atoms in total. The highest BCUT2D eigenvalue weighted by atomic mass is 15.2. The number of benzene rings is 8. The van der Waals surface area contributed by atoms with Crippen LogP contribution in [0.15, 0.2) is 206 Å². The van der Waals surface area contributed by atoms with E-state index in [-0.39, 0.29) is 11.3 Å². The number of fused-ring (bicyclic) bond motifs is 8. The fraction of sp³-hybridized carbons (Fsp3) is 0.0862. The molecule has 1 unspecified atom stereocenters. The summed E-state index contributed by atoms with van der Waals surface area (Å²) < 4.78 is 2.23. The van der Waals surface area contributed by atoms with Crippen LogP contribution < -0.4 is 4.90 Å². The van der Waals surface area contributed by atoms with Crippen molar-refractivity contribution in [3.63, 3.8) is 0 Å². The summed E-state index contributed by atoms with van der Waals surface area (Å²) in [5.74, 6) is 2.12. The summed E-state index contributed by atoms with van der Waals surface area (Å²) in [5, 5.41) is 4.73. The third kappa shape index (κ3) is 6.11. The first-order valence-electron chi connectivity index (χ1n) is 21.8. The summed E-state index contributed by atoms with van der Waals surface area (Å²) in [6, 6.07) is 65.7. The minimum Gasteiger partial charge on any atom is -0.310 e. The van der Waals surface area contributed by atoms with E-state index < -0.39 is 0 Å². The highest BCUT2D eigenvalue weighted by Gasteiger charge is 2.35. The van der Waals surface area contributed by atoms with Crippen LogP contribution in [0.3, 0.4) is 0 Å². The topological polar surface area (TPSA) is 46.8 Å². The van der Waals surface area contributed by atoms with Crippen molar-refractivity contribution in [2.75, 3.05) is 4.90 Å². The molecule has 8 aromatic carbocycles. The largest absolute Gasteiger partial charge is 0.310 e. The van der Waals surface area contributed by atoms with E-state index in [0.29, 0.717) is 11.8 Å². The normalized spacial score (nSPS) is 14.9. The molecule has 0 fully saturated rings. The zero-order valence-corrected chi connectivity index (χ0v) is 35.2. The fourth-order valence-corrected chi connectivity index (χ4v) is 9.98. The van der Waals surface area contributed by atoms with E-state index in [1.54, 1.807) is 0 Å². The smallest absolute Gasteiger partial charge is 0.238 e. The van der Waals surface area contributed by atoms with Crippen molar-refractivity contribution in [1.82, 2.24) is 19.5 Å². The maximum atomic E-state index is 5.25. The fourth-order valence-electron chi connectivity index (χ4n) is 9.98. The summed E-state index contributed by atoms with van der Waals surface area (Å²) in [6.45, 7) is 4.69. The first-order valence-corrected chi connectivity index (χ1v) is 21.8. The minimum absolute atomic E-state index is 0.0622. The van der Waals surface area contributed by atoms with Gasteiger partial charge in [-0.1, -0.05) is 166 Å². The van der Waals surface area contributed by atoms with Crippen molar-refractivity contribution in [2.24, 2.45) is 0 Å². The second kappa shape index (κ2) is 14.6. The number of aromatic nitrogens is 4. The Kier molecular flexibility index (Phi) is 8.58. The minimum atomic E-state index is -0.0957. The van der Waals surface area contributed by atoms with Gasteiger partial charge in [0, 0.05) is 44.7 Å². The van der Waals surface area contributed by atoms with Gasteiger partial charge in [0.15, 0.2) is 5.82 Å². The highest BCUT2D eigenvalue weighted by molar-refractivity contribution is 6.21. The molecule has 2 aromatic heterocycles. The second-order valence-corrected chi connectivity index (χ2v) is 17.2. The maximum absolute atomic E-state index is 5.25. The van der Waals surface area contributed by atoms with Crippen LogP contribution in [0.1, 0.15) is 43.1 Å². The van der Waals surface area contributed by atoms with Gasteiger partial charge in [0.2, 0.25) is 5.95 Å². The molecule has 2 heterocycles. The van der Waals surface area contributed by atoms with Crippen LogP contribution in [0, 0.1) is 0 Å². The zero-order chi connectivity index (χ0) is 42.1. The first kappa shape index (κ1) is 36.9. The van der Waals surface area contributed by atoms with Crippen LogP contribution >= 0.6 is 0 Å². The number of para-hydroxylation sites is 1. The molecule has 300 valence electrons. The van der Waals surface area contributed by atoms with Gasteiger partial charge in [-0.3, -0.25) is 4.57 Å². The Labute approximate surface area is 367 Å². The van der Waals surface area contributed by atoms with Crippen molar-refractivity contribution >= 4 is 49.6 Å². The van der Waals surface area contributed by atoms with Crippen molar-refractivity contribution in [1.29, 1.82) is 0 Å². The molecule has 0 saturated heterocycles. The van der Waals surface area contributed by atoms with E-state index >= 15 is 0 Å². The summed E-state index contributed by atoms with van der Waals surface area (Å²) >= 11 is 0. The third-order valence-electron chi connectivity index (χ3n) is 13.1. The van der Waals surface area contributed by atoms with Gasteiger partial charge in [-0.2, -0.15) is 9.97 Å². The van der Waals surface area contributed by atoms with Crippen molar-refractivity contribution in [3.8, 4) is 39.6 Å². The highest BCUT2D eigenvalue weighted by Crippen LogP contribution is 2.51. The molecule has 0 amide bonds. The number of hydrogen-bond donors (Lipinski definition) is 0. The standard InChI is InChI=1S/C58H43N5/c1-58(2)50-25-15-14-24-47(50)48-33-32-45(37-51(48)58)62(43-21-10-5-11-22-43)44-30-26-38(27-31-44)42-29-34-52-49(36-42)54-46-23-13-12-16-39(46)28-35-53(54)63(52)57-60-55(40-17-6-3-7-18-40)59-56(61-57)41-19-8-4-9-20-41/h3-19,21-37,41H,20H2,1-2H3. The second-order valence-electron chi connectivity index (χ2n) is 17.2. The predicted octanol–water partition coefficient (Wildman–Crippen LogP) is 14.8. The SMILES string of the molecule is CC1(C)c2ccccc2-c2ccc(N(c3ccccc3)c3ccc(-c4ccc5c(c4)c4c6ccccc6ccc4n5-c4nc(-c5ccccc5)nc(C5C=CC=CC5)n4)cc3)cc21. The summed E-state index contributed by atoms with van der Waals surface area (Å²) in [7, 11) is 0. The lowest BCUT2D eigenvalue weighted by Gasteiger charge is -2.28. The van der Waals surface area contributed by atoms with Crippen LogP contribution in [0.2, 0.25) is 0 Å². The Hall–Kier alpha value is -7.89. The summed E-state index contributed by atoms with van der Waals surface area (Å²) in [6.07, 6.45) is 9.40.